The lowest BCUT2D eigenvalue weighted by atomic mass is 10.1. The Labute approximate surface area is 229 Å². The van der Waals surface area contributed by atoms with Gasteiger partial charge in [0.2, 0.25) is 5.91 Å². The van der Waals surface area contributed by atoms with Crippen LogP contribution in [0.5, 0.6) is 0 Å². The van der Waals surface area contributed by atoms with Crippen molar-refractivity contribution in [3.8, 4) is 0 Å². The number of carbonyl (C=O) groups excluding carboxylic acids is 3. The van der Waals surface area contributed by atoms with Crippen LogP contribution >= 0.6 is 23.1 Å². The van der Waals surface area contributed by atoms with Crippen LogP contribution in [0.25, 0.3) is 10.2 Å². The van der Waals surface area contributed by atoms with E-state index in [4.69, 9.17) is 0 Å². The zero-order valence-corrected chi connectivity index (χ0v) is 22.4. The molecule has 2 heterocycles. The molecule has 1 saturated heterocycles. The van der Waals surface area contributed by atoms with E-state index in [0.717, 1.165) is 46.9 Å². The fourth-order valence-corrected chi connectivity index (χ4v) is 6.31. The average molecular weight is 545 g/mol. The van der Waals surface area contributed by atoms with Gasteiger partial charge in [-0.25, -0.2) is 4.98 Å². The minimum absolute atomic E-state index is 0.0275. The second-order valence-electron chi connectivity index (χ2n) is 9.04. The summed E-state index contributed by atoms with van der Waals surface area (Å²) in [6, 6.07) is 22.5. The first-order valence-corrected chi connectivity index (χ1v) is 14.4. The summed E-state index contributed by atoms with van der Waals surface area (Å²) in [7, 11) is 0. The fraction of sp³-hybridized carbons (Fsp3) is 0.241. The van der Waals surface area contributed by atoms with Crippen molar-refractivity contribution in [3.63, 3.8) is 0 Å². The van der Waals surface area contributed by atoms with E-state index in [1.165, 1.54) is 28.7 Å². The van der Waals surface area contributed by atoms with E-state index in [1.807, 2.05) is 42.5 Å². The minimum atomic E-state index is -0.321. The van der Waals surface area contributed by atoms with Gasteiger partial charge >= 0.3 is 0 Å². The molecule has 0 spiro atoms. The van der Waals surface area contributed by atoms with Gasteiger partial charge in [-0.05, 0) is 55.2 Å². The predicted octanol–water partition coefficient (Wildman–Crippen LogP) is 5.24. The lowest BCUT2D eigenvalue weighted by molar-refractivity contribution is -0.118. The molecular formula is C29H28N4O3S2. The Balaban J connectivity index is 1.18. The molecule has 0 saturated carbocycles. The Morgan fingerprint density at radius 1 is 0.921 bits per heavy atom. The van der Waals surface area contributed by atoms with E-state index in [-0.39, 0.29) is 17.7 Å². The highest BCUT2D eigenvalue weighted by molar-refractivity contribution is 8.01. The number of anilines is 1. The summed E-state index contributed by atoms with van der Waals surface area (Å²) in [5.41, 5.74) is 3.42. The maximum atomic E-state index is 13.1. The van der Waals surface area contributed by atoms with Gasteiger partial charge in [-0.1, -0.05) is 54.2 Å². The standard InChI is InChI=1S/C29H28N4O3S2/c34-26(30-15-14-20-8-2-1-3-9-20)19-37-29-32-24-13-12-21(18-25(24)38-29)31-27(35)22-10-4-5-11-23(22)28(36)33-16-6-7-17-33/h1-5,8-13,18H,6-7,14-17,19H2,(H,30,34)(H,31,35). The number of hydrogen-bond donors (Lipinski definition) is 2. The number of thiazole rings is 1. The monoisotopic (exact) mass is 544 g/mol. The molecular weight excluding hydrogens is 516 g/mol. The summed E-state index contributed by atoms with van der Waals surface area (Å²) >= 11 is 2.88. The van der Waals surface area contributed by atoms with Crippen LogP contribution in [0.2, 0.25) is 0 Å². The molecule has 2 N–H and O–H groups in total. The largest absolute Gasteiger partial charge is 0.355 e. The normalized spacial score (nSPS) is 13.0. The van der Waals surface area contributed by atoms with Gasteiger partial charge in [0.25, 0.3) is 11.8 Å². The SMILES string of the molecule is O=C(CSc1nc2ccc(NC(=O)c3ccccc3C(=O)N3CCCC3)cc2s1)NCCc1ccccc1. The summed E-state index contributed by atoms with van der Waals surface area (Å²) in [6.45, 7) is 2.05. The quantitative estimate of drug-likeness (QED) is 0.282. The van der Waals surface area contributed by atoms with Crippen LogP contribution in [0.1, 0.15) is 39.1 Å². The number of rotatable bonds is 9. The Kier molecular flexibility index (Phi) is 8.35. The van der Waals surface area contributed by atoms with Gasteiger partial charge < -0.3 is 15.5 Å². The molecule has 4 aromatic rings. The first-order chi connectivity index (χ1) is 18.6. The van der Waals surface area contributed by atoms with Gasteiger partial charge in [-0.3, -0.25) is 14.4 Å². The second kappa shape index (κ2) is 12.2. The molecule has 1 fully saturated rings. The number of likely N-dealkylation sites (tertiary alicyclic amines) is 1. The third kappa shape index (κ3) is 6.41. The molecule has 38 heavy (non-hydrogen) atoms. The number of hydrogen-bond acceptors (Lipinski definition) is 6. The molecule has 0 aliphatic carbocycles. The molecule has 5 rings (SSSR count). The van der Waals surface area contributed by atoms with Crippen LogP contribution in [0, 0.1) is 0 Å². The van der Waals surface area contributed by atoms with Crippen LogP contribution < -0.4 is 10.6 Å². The molecule has 7 nitrogen and oxygen atoms in total. The molecule has 0 atom stereocenters. The predicted molar refractivity (Wildman–Crippen MR) is 153 cm³/mol. The summed E-state index contributed by atoms with van der Waals surface area (Å²) in [6.07, 6.45) is 2.78. The first kappa shape index (κ1) is 25.9. The molecule has 1 aromatic heterocycles. The van der Waals surface area contributed by atoms with Gasteiger partial charge in [0, 0.05) is 25.3 Å². The molecule has 0 bridgehead atoms. The first-order valence-electron chi connectivity index (χ1n) is 12.6. The number of nitrogens with one attached hydrogen (secondary N) is 2. The van der Waals surface area contributed by atoms with E-state index in [2.05, 4.69) is 15.6 Å². The highest BCUT2D eigenvalue weighted by Crippen LogP contribution is 2.31. The number of carbonyl (C=O) groups is 3. The van der Waals surface area contributed by atoms with E-state index in [1.54, 1.807) is 35.2 Å². The Morgan fingerprint density at radius 3 is 2.45 bits per heavy atom. The molecule has 1 aliphatic rings. The van der Waals surface area contributed by atoms with Gasteiger partial charge in [0.15, 0.2) is 4.34 Å². The summed E-state index contributed by atoms with van der Waals surface area (Å²) in [4.78, 5) is 44.7. The van der Waals surface area contributed by atoms with Crippen LogP contribution in [0.4, 0.5) is 5.69 Å². The Morgan fingerprint density at radius 2 is 1.66 bits per heavy atom. The van der Waals surface area contributed by atoms with Gasteiger partial charge in [0.1, 0.15) is 0 Å². The number of benzene rings is 3. The highest BCUT2D eigenvalue weighted by atomic mass is 32.2. The van der Waals surface area contributed by atoms with Gasteiger partial charge in [-0.2, -0.15) is 0 Å². The van der Waals surface area contributed by atoms with Crippen molar-refractivity contribution in [1.82, 2.24) is 15.2 Å². The Bertz CT molecular complexity index is 1450. The van der Waals surface area contributed by atoms with Crippen molar-refractivity contribution >= 4 is 56.7 Å². The highest BCUT2D eigenvalue weighted by Gasteiger charge is 2.24. The molecule has 194 valence electrons. The zero-order chi connectivity index (χ0) is 26.3. The third-order valence-electron chi connectivity index (χ3n) is 6.33. The molecule has 0 unspecified atom stereocenters. The summed E-state index contributed by atoms with van der Waals surface area (Å²) < 4.78 is 1.71. The summed E-state index contributed by atoms with van der Waals surface area (Å²) in [5.74, 6) is -0.156. The van der Waals surface area contributed by atoms with E-state index < -0.39 is 0 Å². The van der Waals surface area contributed by atoms with Crippen LogP contribution in [0.3, 0.4) is 0 Å². The Hall–Kier alpha value is -3.69. The smallest absolute Gasteiger partial charge is 0.256 e. The minimum Gasteiger partial charge on any atom is -0.355 e. The summed E-state index contributed by atoms with van der Waals surface area (Å²) in [5, 5.41) is 5.88. The van der Waals surface area contributed by atoms with Crippen molar-refractivity contribution in [1.29, 1.82) is 0 Å². The lowest BCUT2D eigenvalue weighted by Gasteiger charge is -2.17. The molecule has 3 amide bonds. The number of aromatic nitrogens is 1. The van der Waals surface area contributed by atoms with Gasteiger partial charge in [-0.15, -0.1) is 11.3 Å². The number of thioether (sulfide) groups is 1. The van der Waals surface area contributed by atoms with Crippen molar-refractivity contribution in [2.45, 2.75) is 23.6 Å². The topological polar surface area (TPSA) is 91.4 Å². The van der Waals surface area contributed by atoms with E-state index in [0.29, 0.717) is 29.1 Å². The van der Waals surface area contributed by atoms with Crippen molar-refractivity contribution < 1.29 is 14.4 Å². The van der Waals surface area contributed by atoms with Gasteiger partial charge in [0.05, 0.1) is 27.1 Å². The van der Waals surface area contributed by atoms with E-state index in [9.17, 15) is 14.4 Å². The average Bonchev–Trinajstić information content (AvgIpc) is 3.62. The third-order valence-corrected chi connectivity index (χ3v) is 8.49. The van der Waals surface area contributed by atoms with Crippen molar-refractivity contribution in [2.24, 2.45) is 0 Å². The van der Waals surface area contributed by atoms with E-state index >= 15 is 0 Å². The molecule has 1 aliphatic heterocycles. The number of nitrogens with zero attached hydrogens (tertiary/aromatic N) is 2. The maximum Gasteiger partial charge on any atom is 0.256 e. The van der Waals surface area contributed by atoms with Crippen LogP contribution in [-0.2, 0) is 11.2 Å². The van der Waals surface area contributed by atoms with Crippen LogP contribution in [-0.4, -0.2) is 53.0 Å². The molecule has 3 aromatic carbocycles. The zero-order valence-electron chi connectivity index (χ0n) is 20.8. The second-order valence-corrected chi connectivity index (χ2v) is 11.3. The van der Waals surface area contributed by atoms with Crippen LogP contribution in [0.15, 0.2) is 77.1 Å². The lowest BCUT2D eigenvalue weighted by Crippen LogP contribution is -2.29. The van der Waals surface area contributed by atoms with Crippen molar-refractivity contribution in [3.05, 3.63) is 89.5 Å². The fourth-order valence-electron chi connectivity index (χ4n) is 4.37. The number of fused-ring (bicyclic) bond motifs is 1. The maximum absolute atomic E-state index is 13.1. The number of amides is 3. The van der Waals surface area contributed by atoms with Crippen molar-refractivity contribution in [2.75, 3.05) is 30.7 Å². The molecule has 9 heteroatoms. The molecule has 0 radical (unpaired) electrons.